The monoisotopic (exact) mass is 393 g/mol. The highest BCUT2D eigenvalue weighted by molar-refractivity contribution is 7.15. The van der Waals surface area contributed by atoms with Crippen LogP contribution in [-0.2, 0) is 12.8 Å². The van der Waals surface area contributed by atoms with Crippen molar-refractivity contribution in [1.82, 2.24) is 14.6 Å². The van der Waals surface area contributed by atoms with Gasteiger partial charge in [0.2, 0.25) is 0 Å². The van der Waals surface area contributed by atoms with Gasteiger partial charge in [-0.15, -0.1) is 11.3 Å². The number of hydrogen-bond acceptors (Lipinski definition) is 3. The van der Waals surface area contributed by atoms with Crippen molar-refractivity contribution < 1.29 is 0 Å². The first kappa shape index (κ1) is 17.0. The number of nitrogens with zero attached hydrogens (tertiary/aromatic N) is 3. The number of thiophene rings is 1. The molecule has 0 radical (unpaired) electrons. The fourth-order valence-electron chi connectivity index (χ4n) is 4.08. The molecule has 0 fully saturated rings. The number of rotatable bonds is 2. The minimum Gasteiger partial charge on any atom is -0.227 e. The standard InChI is InChI=1S/C22H20ClN3S/c1-13-7-12-19(27-13)21-17-5-3-4-6-18(17)26-22(24-21)20(14(2)25-26)15-8-10-16(23)11-9-15/h7-12H,3-6H2,1-2H3. The van der Waals surface area contributed by atoms with Crippen molar-refractivity contribution in [2.24, 2.45) is 0 Å². The Morgan fingerprint density at radius 3 is 2.52 bits per heavy atom. The third-order valence-corrected chi connectivity index (χ3v) is 6.60. The Kier molecular flexibility index (Phi) is 4.06. The van der Waals surface area contributed by atoms with Gasteiger partial charge in [0.25, 0.3) is 0 Å². The average Bonchev–Trinajstić information content (AvgIpc) is 3.25. The van der Waals surface area contributed by atoms with Crippen LogP contribution in [0.1, 0.15) is 34.7 Å². The van der Waals surface area contributed by atoms with Crippen LogP contribution in [0.4, 0.5) is 0 Å². The molecule has 0 aliphatic heterocycles. The fourth-order valence-corrected chi connectivity index (χ4v) is 5.09. The number of hydrogen-bond donors (Lipinski definition) is 0. The minimum atomic E-state index is 0.743. The molecule has 0 unspecified atom stereocenters. The lowest BCUT2D eigenvalue weighted by molar-refractivity contribution is 0.641. The molecule has 3 nitrogen and oxygen atoms in total. The second kappa shape index (κ2) is 6.47. The third-order valence-electron chi connectivity index (χ3n) is 5.34. The lowest BCUT2D eigenvalue weighted by atomic mass is 9.94. The molecule has 27 heavy (non-hydrogen) atoms. The maximum Gasteiger partial charge on any atom is 0.164 e. The first-order valence-electron chi connectivity index (χ1n) is 9.35. The van der Waals surface area contributed by atoms with Crippen LogP contribution in [0.3, 0.4) is 0 Å². The maximum atomic E-state index is 6.10. The molecule has 1 aromatic carbocycles. The van der Waals surface area contributed by atoms with Crippen LogP contribution in [-0.4, -0.2) is 14.6 Å². The highest BCUT2D eigenvalue weighted by Gasteiger charge is 2.24. The van der Waals surface area contributed by atoms with Gasteiger partial charge in [-0.2, -0.15) is 5.10 Å². The van der Waals surface area contributed by atoms with Crippen LogP contribution >= 0.6 is 22.9 Å². The van der Waals surface area contributed by atoms with E-state index in [1.165, 1.54) is 33.9 Å². The van der Waals surface area contributed by atoms with Gasteiger partial charge in [-0.25, -0.2) is 9.50 Å². The zero-order valence-electron chi connectivity index (χ0n) is 15.4. The Balaban J connectivity index is 1.83. The summed E-state index contributed by atoms with van der Waals surface area (Å²) in [6, 6.07) is 12.4. The molecule has 3 heterocycles. The summed E-state index contributed by atoms with van der Waals surface area (Å²) in [5.74, 6) is 0. The van der Waals surface area contributed by atoms with Gasteiger partial charge >= 0.3 is 0 Å². The molecule has 0 saturated carbocycles. The lowest BCUT2D eigenvalue weighted by Crippen LogP contribution is -2.13. The molecule has 0 saturated heterocycles. The molecular formula is C22H20ClN3S. The topological polar surface area (TPSA) is 30.2 Å². The van der Waals surface area contributed by atoms with E-state index in [1.54, 1.807) is 0 Å². The molecule has 3 aromatic heterocycles. The van der Waals surface area contributed by atoms with E-state index in [4.69, 9.17) is 21.7 Å². The summed E-state index contributed by atoms with van der Waals surface area (Å²) in [4.78, 5) is 7.75. The van der Waals surface area contributed by atoms with E-state index < -0.39 is 0 Å². The molecule has 4 aromatic rings. The van der Waals surface area contributed by atoms with E-state index in [-0.39, 0.29) is 0 Å². The second-order valence-electron chi connectivity index (χ2n) is 7.21. The van der Waals surface area contributed by atoms with Gasteiger partial charge in [-0.3, -0.25) is 0 Å². The normalized spacial score (nSPS) is 13.9. The summed E-state index contributed by atoms with van der Waals surface area (Å²) in [7, 11) is 0. The number of aromatic nitrogens is 3. The molecule has 0 atom stereocenters. The first-order valence-corrected chi connectivity index (χ1v) is 10.5. The Labute approximate surface area is 167 Å². The van der Waals surface area contributed by atoms with Gasteiger partial charge in [-0.1, -0.05) is 23.7 Å². The SMILES string of the molecule is Cc1ccc(-c2nc3c(-c4ccc(Cl)cc4)c(C)nn3c3c2CCCC3)s1. The summed E-state index contributed by atoms with van der Waals surface area (Å²) in [5, 5.41) is 5.63. The van der Waals surface area contributed by atoms with Crippen molar-refractivity contribution in [2.75, 3.05) is 0 Å². The van der Waals surface area contributed by atoms with Crippen LogP contribution in [0.5, 0.6) is 0 Å². The molecule has 0 spiro atoms. The fraction of sp³-hybridized carbons (Fsp3) is 0.273. The molecule has 1 aliphatic carbocycles. The quantitative estimate of drug-likeness (QED) is 0.401. The number of fused-ring (bicyclic) bond motifs is 3. The maximum absolute atomic E-state index is 6.10. The van der Waals surface area contributed by atoms with E-state index in [0.29, 0.717) is 0 Å². The summed E-state index contributed by atoms with van der Waals surface area (Å²) in [6.45, 7) is 4.23. The predicted octanol–water partition coefficient (Wildman–Crippen LogP) is 6.27. The van der Waals surface area contributed by atoms with E-state index in [2.05, 4.69) is 42.6 Å². The van der Waals surface area contributed by atoms with E-state index in [0.717, 1.165) is 46.0 Å². The average molecular weight is 394 g/mol. The van der Waals surface area contributed by atoms with E-state index in [1.807, 2.05) is 23.5 Å². The molecule has 1 aliphatic rings. The summed E-state index contributed by atoms with van der Waals surface area (Å²) >= 11 is 7.92. The summed E-state index contributed by atoms with van der Waals surface area (Å²) in [6.07, 6.45) is 4.58. The van der Waals surface area contributed by atoms with Crippen molar-refractivity contribution >= 4 is 28.6 Å². The van der Waals surface area contributed by atoms with Crippen LogP contribution in [0.15, 0.2) is 36.4 Å². The van der Waals surface area contributed by atoms with Crippen LogP contribution in [0.2, 0.25) is 5.02 Å². The van der Waals surface area contributed by atoms with Crippen LogP contribution in [0.25, 0.3) is 27.3 Å². The third kappa shape index (κ3) is 2.79. The van der Waals surface area contributed by atoms with Gasteiger partial charge < -0.3 is 0 Å². The van der Waals surface area contributed by atoms with Gasteiger partial charge in [0.05, 0.1) is 16.3 Å². The Morgan fingerprint density at radius 1 is 1.00 bits per heavy atom. The largest absolute Gasteiger partial charge is 0.227 e. The van der Waals surface area contributed by atoms with Crippen LogP contribution in [0, 0.1) is 13.8 Å². The smallest absolute Gasteiger partial charge is 0.164 e. The highest BCUT2D eigenvalue weighted by Crippen LogP contribution is 2.37. The van der Waals surface area contributed by atoms with Crippen molar-refractivity contribution in [3.05, 3.63) is 63.2 Å². The Bertz CT molecular complexity index is 1150. The van der Waals surface area contributed by atoms with Crippen LogP contribution < -0.4 is 0 Å². The second-order valence-corrected chi connectivity index (χ2v) is 8.93. The Morgan fingerprint density at radius 2 is 1.78 bits per heavy atom. The Hall–Kier alpha value is -2.17. The summed E-state index contributed by atoms with van der Waals surface area (Å²) < 4.78 is 2.09. The van der Waals surface area contributed by atoms with Crippen molar-refractivity contribution in [1.29, 1.82) is 0 Å². The molecule has 0 N–H and O–H groups in total. The molecule has 5 rings (SSSR count). The van der Waals surface area contributed by atoms with Crippen molar-refractivity contribution in [2.45, 2.75) is 39.5 Å². The first-order chi connectivity index (χ1) is 13.1. The molecule has 136 valence electrons. The molecular weight excluding hydrogens is 374 g/mol. The zero-order valence-corrected chi connectivity index (χ0v) is 17.0. The number of benzene rings is 1. The van der Waals surface area contributed by atoms with Gasteiger partial charge in [0.15, 0.2) is 5.65 Å². The number of halogens is 1. The number of aryl methyl sites for hydroxylation is 3. The van der Waals surface area contributed by atoms with Gasteiger partial charge in [-0.05, 0) is 69.4 Å². The zero-order chi connectivity index (χ0) is 18.5. The van der Waals surface area contributed by atoms with Crippen molar-refractivity contribution in [3.8, 4) is 21.7 Å². The highest BCUT2D eigenvalue weighted by atomic mass is 35.5. The van der Waals surface area contributed by atoms with Gasteiger partial charge in [0.1, 0.15) is 0 Å². The van der Waals surface area contributed by atoms with Crippen molar-refractivity contribution in [3.63, 3.8) is 0 Å². The minimum absolute atomic E-state index is 0.743. The molecule has 0 amide bonds. The van der Waals surface area contributed by atoms with E-state index in [9.17, 15) is 0 Å². The summed E-state index contributed by atoms with van der Waals surface area (Å²) in [5.41, 5.74) is 8.04. The predicted molar refractivity (Wildman–Crippen MR) is 113 cm³/mol. The lowest BCUT2D eigenvalue weighted by Gasteiger charge is -2.19. The molecule has 5 heteroatoms. The molecule has 0 bridgehead atoms. The van der Waals surface area contributed by atoms with E-state index >= 15 is 0 Å². The van der Waals surface area contributed by atoms with Gasteiger partial charge in [0, 0.05) is 26.7 Å².